The second kappa shape index (κ2) is 4.92. The Morgan fingerprint density at radius 3 is 2.78 bits per heavy atom. The van der Waals surface area contributed by atoms with Crippen LogP contribution >= 0.6 is 22.9 Å². The van der Waals surface area contributed by atoms with E-state index in [1.54, 1.807) is 23.7 Å². The first-order chi connectivity index (χ1) is 8.83. The van der Waals surface area contributed by atoms with Gasteiger partial charge in [0.05, 0.1) is 9.72 Å². The van der Waals surface area contributed by atoms with Gasteiger partial charge in [-0.3, -0.25) is 4.98 Å². The SMILES string of the molecule is Clc1cccc2sc(NCc3ccncc3)nc12. The second-order valence-electron chi connectivity index (χ2n) is 3.81. The monoisotopic (exact) mass is 275 g/mol. The predicted octanol–water partition coefficient (Wildman–Crippen LogP) is 3.96. The Balaban J connectivity index is 1.81. The van der Waals surface area contributed by atoms with Gasteiger partial charge in [0, 0.05) is 18.9 Å². The molecule has 3 rings (SSSR count). The molecule has 3 nitrogen and oxygen atoms in total. The molecule has 0 saturated carbocycles. The van der Waals surface area contributed by atoms with Gasteiger partial charge in [0.2, 0.25) is 0 Å². The molecule has 0 saturated heterocycles. The molecule has 1 aromatic carbocycles. The van der Waals surface area contributed by atoms with Crippen LogP contribution in [0.2, 0.25) is 5.02 Å². The highest BCUT2D eigenvalue weighted by atomic mass is 35.5. The summed E-state index contributed by atoms with van der Waals surface area (Å²) in [6, 6.07) is 9.78. The van der Waals surface area contributed by atoms with E-state index in [1.165, 1.54) is 5.56 Å². The van der Waals surface area contributed by atoms with Crippen LogP contribution in [0.15, 0.2) is 42.7 Å². The van der Waals surface area contributed by atoms with Gasteiger partial charge >= 0.3 is 0 Å². The zero-order valence-electron chi connectivity index (χ0n) is 9.43. The van der Waals surface area contributed by atoms with E-state index in [0.29, 0.717) is 5.02 Å². The second-order valence-corrected chi connectivity index (χ2v) is 5.25. The van der Waals surface area contributed by atoms with Crippen molar-refractivity contribution in [1.29, 1.82) is 0 Å². The lowest BCUT2D eigenvalue weighted by molar-refractivity contribution is 1.12. The van der Waals surface area contributed by atoms with Gasteiger partial charge in [-0.2, -0.15) is 0 Å². The molecule has 5 heteroatoms. The molecule has 2 aromatic heterocycles. The summed E-state index contributed by atoms with van der Waals surface area (Å²) in [6.45, 7) is 0.736. The molecule has 0 aliphatic rings. The third-order valence-electron chi connectivity index (χ3n) is 2.56. The van der Waals surface area contributed by atoms with E-state index in [4.69, 9.17) is 11.6 Å². The highest BCUT2D eigenvalue weighted by Gasteiger charge is 2.06. The molecule has 90 valence electrons. The standard InChI is InChI=1S/C13H10ClN3S/c14-10-2-1-3-11-12(10)17-13(18-11)16-8-9-4-6-15-7-5-9/h1-7H,8H2,(H,16,17). The third-order valence-corrected chi connectivity index (χ3v) is 3.85. The van der Waals surface area contributed by atoms with Crippen molar-refractivity contribution in [3.63, 3.8) is 0 Å². The number of benzene rings is 1. The van der Waals surface area contributed by atoms with Crippen LogP contribution in [0.5, 0.6) is 0 Å². The largest absolute Gasteiger partial charge is 0.357 e. The molecule has 0 atom stereocenters. The average Bonchev–Trinajstić information content (AvgIpc) is 2.82. The molecule has 0 radical (unpaired) electrons. The van der Waals surface area contributed by atoms with E-state index in [9.17, 15) is 0 Å². The fourth-order valence-corrected chi connectivity index (χ4v) is 2.83. The number of halogens is 1. The molecule has 0 bridgehead atoms. The Bertz CT molecular complexity index is 666. The molecule has 18 heavy (non-hydrogen) atoms. The summed E-state index contributed by atoms with van der Waals surface area (Å²) < 4.78 is 1.10. The number of hydrogen-bond acceptors (Lipinski definition) is 4. The number of fused-ring (bicyclic) bond motifs is 1. The number of aromatic nitrogens is 2. The van der Waals surface area contributed by atoms with E-state index in [1.807, 2.05) is 30.3 Å². The first-order valence-corrected chi connectivity index (χ1v) is 6.70. The van der Waals surface area contributed by atoms with Gasteiger partial charge in [-0.05, 0) is 29.8 Å². The number of para-hydroxylation sites is 1. The van der Waals surface area contributed by atoms with Crippen LogP contribution in [0.4, 0.5) is 5.13 Å². The molecule has 0 fully saturated rings. The van der Waals surface area contributed by atoms with Crippen LogP contribution in [-0.2, 0) is 6.54 Å². The Morgan fingerprint density at radius 2 is 2.00 bits per heavy atom. The van der Waals surface area contributed by atoms with Gasteiger partial charge in [-0.15, -0.1) is 0 Å². The Hall–Kier alpha value is -1.65. The van der Waals surface area contributed by atoms with Gasteiger partial charge in [-0.1, -0.05) is 29.0 Å². The van der Waals surface area contributed by atoms with E-state index in [2.05, 4.69) is 15.3 Å². The van der Waals surface area contributed by atoms with E-state index >= 15 is 0 Å². The van der Waals surface area contributed by atoms with Gasteiger partial charge in [0.15, 0.2) is 5.13 Å². The first-order valence-electron chi connectivity index (χ1n) is 5.51. The molecule has 0 aliphatic carbocycles. The lowest BCUT2D eigenvalue weighted by Crippen LogP contribution is -1.98. The summed E-state index contributed by atoms with van der Waals surface area (Å²) >= 11 is 7.70. The Morgan fingerprint density at radius 1 is 1.17 bits per heavy atom. The highest BCUT2D eigenvalue weighted by Crippen LogP contribution is 2.30. The number of hydrogen-bond donors (Lipinski definition) is 1. The number of nitrogens with zero attached hydrogens (tertiary/aromatic N) is 2. The van der Waals surface area contributed by atoms with Crippen molar-refractivity contribution in [2.45, 2.75) is 6.54 Å². The molecule has 0 aliphatic heterocycles. The summed E-state index contributed by atoms with van der Waals surface area (Å²) in [5.74, 6) is 0. The van der Waals surface area contributed by atoms with Crippen molar-refractivity contribution in [3.8, 4) is 0 Å². The summed E-state index contributed by atoms with van der Waals surface area (Å²) in [5.41, 5.74) is 2.04. The van der Waals surface area contributed by atoms with Crippen LogP contribution in [0, 0.1) is 0 Å². The Kier molecular flexibility index (Phi) is 3.13. The van der Waals surface area contributed by atoms with Crippen molar-refractivity contribution in [3.05, 3.63) is 53.3 Å². The zero-order chi connectivity index (χ0) is 12.4. The van der Waals surface area contributed by atoms with Crippen LogP contribution < -0.4 is 5.32 Å². The molecular formula is C13H10ClN3S. The van der Waals surface area contributed by atoms with Crippen molar-refractivity contribution >= 4 is 38.3 Å². The molecule has 0 amide bonds. The Labute approximate surface area is 113 Å². The third kappa shape index (κ3) is 2.30. The minimum atomic E-state index is 0.695. The van der Waals surface area contributed by atoms with E-state index in [-0.39, 0.29) is 0 Å². The number of pyridine rings is 1. The van der Waals surface area contributed by atoms with Gasteiger partial charge in [-0.25, -0.2) is 4.98 Å². The summed E-state index contributed by atoms with van der Waals surface area (Å²) in [5, 5.41) is 4.88. The molecular weight excluding hydrogens is 266 g/mol. The van der Waals surface area contributed by atoms with Crippen molar-refractivity contribution in [1.82, 2.24) is 9.97 Å². The number of thiazole rings is 1. The molecule has 3 aromatic rings. The molecule has 1 N–H and O–H groups in total. The number of rotatable bonds is 3. The highest BCUT2D eigenvalue weighted by molar-refractivity contribution is 7.22. The zero-order valence-corrected chi connectivity index (χ0v) is 11.0. The summed E-state index contributed by atoms with van der Waals surface area (Å²) in [6.07, 6.45) is 3.57. The van der Waals surface area contributed by atoms with Gasteiger partial charge in [0.25, 0.3) is 0 Å². The van der Waals surface area contributed by atoms with Crippen molar-refractivity contribution in [2.24, 2.45) is 0 Å². The average molecular weight is 276 g/mol. The summed E-state index contributed by atoms with van der Waals surface area (Å²) in [4.78, 5) is 8.48. The predicted molar refractivity (Wildman–Crippen MR) is 76.2 cm³/mol. The van der Waals surface area contributed by atoms with E-state index < -0.39 is 0 Å². The van der Waals surface area contributed by atoms with Gasteiger partial charge in [0.1, 0.15) is 5.52 Å². The topological polar surface area (TPSA) is 37.8 Å². The van der Waals surface area contributed by atoms with Crippen molar-refractivity contribution < 1.29 is 0 Å². The molecule has 0 unspecified atom stereocenters. The van der Waals surface area contributed by atoms with E-state index in [0.717, 1.165) is 21.9 Å². The summed E-state index contributed by atoms with van der Waals surface area (Å²) in [7, 11) is 0. The molecule has 0 spiro atoms. The maximum absolute atomic E-state index is 6.10. The smallest absolute Gasteiger partial charge is 0.184 e. The first kappa shape index (κ1) is 11.4. The van der Waals surface area contributed by atoms with Crippen molar-refractivity contribution in [2.75, 3.05) is 5.32 Å². The fraction of sp³-hybridized carbons (Fsp3) is 0.0769. The fourth-order valence-electron chi connectivity index (χ4n) is 1.67. The quantitative estimate of drug-likeness (QED) is 0.786. The number of nitrogens with one attached hydrogen (secondary N) is 1. The van der Waals surface area contributed by atoms with Crippen LogP contribution in [0.25, 0.3) is 10.2 Å². The minimum Gasteiger partial charge on any atom is -0.357 e. The lowest BCUT2D eigenvalue weighted by Gasteiger charge is -2.01. The maximum atomic E-state index is 6.10. The van der Waals surface area contributed by atoms with Crippen LogP contribution in [0.1, 0.15) is 5.56 Å². The van der Waals surface area contributed by atoms with Crippen LogP contribution in [-0.4, -0.2) is 9.97 Å². The molecule has 2 heterocycles. The van der Waals surface area contributed by atoms with Crippen LogP contribution in [0.3, 0.4) is 0 Å². The minimum absolute atomic E-state index is 0.695. The lowest BCUT2D eigenvalue weighted by atomic mass is 10.3. The normalized spacial score (nSPS) is 10.7. The number of anilines is 1. The van der Waals surface area contributed by atoms with Gasteiger partial charge < -0.3 is 5.32 Å². The maximum Gasteiger partial charge on any atom is 0.184 e.